The Morgan fingerprint density at radius 2 is 1.86 bits per heavy atom. The third kappa shape index (κ3) is 4.55. The van der Waals surface area contributed by atoms with Crippen molar-refractivity contribution in [3.8, 4) is 0 Å². The van der Waals surface area contributed by atoms with Gasteiger partial charge in [-0.1, -0.05) is 6.07 Å². The molecule has 1 saturated carbocycles. The average molecular weight is 401 g/mol. The van der Waals surface area contributed by atoms with Gasteiger partial charge in [-0.3, -0.25) is 9.69 Å². The van der Waals surface area contributed by atoms with Gasteiger partial charge in [0.15, 0.2) is 0 Å². The van der Waals surface area contributed by atoms with Crippen LogP contribution in [0.3, 0.4) is 0 Å². The maximum absolute atomic E-state index is 13.1. The van der Waals surface area contributed by atoms with E-state index in [0.29, 0.717) is 12.5 Å². The molecule has 2 fully saturated rings. The lowest BCUT2D eigenvalue weighted by atomic mass is 9.83. The second kappa shape index (κ2) is 8.69. The lowest BCUT2D eigenvalue weighted by Gasteiger charge is -2.34. The van der Waals surface area contributed by atoms with Crippen molar-refractivity contribution >= 4 is 17.8 Å². The molecule has 1 aliphatic carbocycles. The second-order valence-corrected chi connectivity index (χ2v) is 8.81. The van der Waals surface area contributed by atoms with Crippen molar-refractivity contribution in [3.05, 3.63) is 23.4 Å². The summed E-state index contributed by atoms with van der Waals surface area (Å²) in [7, 11) is 2.14. The fourth-order valence-corrected chi connectivity index (χ4v) is 5.01. The van der Waals surface area contributed by atoms with Crippen molar-refractivity contribution in [3.63, 3.8) is 0 Å². The Balaban J connectivity index is 1.37. The normalized spacial score (nSPS) is 25.8. The third-order valence-electron chi connectivity index (χ3n) is 6.89. The van der Waals surface area contributed by atoms with Crippen LogP contribution in [-0.4, -0.2) is 71.2 Å². The van der Waals surface area contributed by atoms with Crippen molar-refractivity contribution in [2.45, 2.75) is 57.4 Å². The number of pyridine rings is 1. The number of anilines is 1. The Bertz CT molecular complexity index is 760. The Morgan fingerprint density at radius 1 is 1.10 bits per heavy atom. The Hall–Kier alpha value is -2.15. The summed E-state index contributed by atoms with van der Waals surface area (Å²) >= 11 is 0. The molecule has 0 unspecified atom stereocenters. The van der Waals surface area contributed by atoms with E-state index in [-0.39, 0.29) is 18.5 Å². The highest BCUT2D eigenvalue weighted by Gasteiger charge is 2.37. The number of carbonyl (C=O) groups excluding carboxylic acids is 1. The first-order chi connectivity index (χ1) is 14.0. The van der Waals surface area contributed by atoms with Crippen LogP contribution in [0.5, 0.6) is 0 Å². The van der Waals surface area contributed by atoms with Crippen LogP contribution < -0.4 is 4.90 Å². The molecule has 4 rings (SSSR count). The van der Waals surface area contributed by atoms with E-state index in [0.717, 1.165) is 76.1 Å². The van der Waals surface area contributed by atoms with E-state index < -0.39 is 5.97 Å². The zero-order valence-corrected chi connectivity index (χ0v) is 17.3. The van der Waals surface area contributed by atoms with E-state index in [4.69, 9.17) is 10.1 Å². The van der Waals surface area contributed by atoms with Crippen LogP contribution in [0.25, 0.3) is 0 Å². The monoisotopic (exact) mass is 400 g/mol. The van der Waals surface area contributed by atoms with Gasteiger partial charge in [-0.2, -0.15) is 0 Å². The number of amides is 2. The van der Waals surface area contributed by atoms with Gasteiger partial charge in [0.25, 0.3) is 0 Å². The lowest BCUT2D eigenvalue weighted by molar-refractivity contribution is -0.137. The first-order valence-corrected chi connectivity index (χ1v) is 11.0. The predicted molar refractivity (Wildman–Crippen MR) is 111 cm³/mol. The lowest BCUT2D eigenvalue weighted by Crippen LogP contribution is -2.41. The fraction of sp³-hybridized carbons (Fsp3) is 0.682. The molecule has 29 heavy (non-hydrogen) atoms. The summed E-state index contributed by atoms with van der Waals surface area (Å²) in [5, 5.41) is 8.88. The number of hydrogen-bond donors (Lipinski definition) is 1. The largest absolute Gasteiger partial charge is 0.481 e. The third-order valence-corrected chi connectivity index (χ3v) is 6.89. The molecule has 0 bridgehead atoms. The number of hydrogen-bond acceptors (Lipinski definition) is 4. The van der Waals surface area contributed by atoms with E-state index in [9.17, 15) is 9.59 Å². The van der Waals surface area contributed by atoms with Gasteiger partial charge in [0.05, 0.1) is 0 Å². The van der Waals surface area contributed by atoms with Crippen molar-refractivity contribution in [1.82, 2.24) is 14.8 Å². The molecule has 1 saturated heterocycles. The van der Waals surface area contributed by atoms with Gasteiger partial charge in [-0.25, -0.2) is 9.78 Å². The van der Waals surface area contributed by atoms with E-state index in [1.807, 2.05) is 15.9 Å². The molecule has 0 radical (unpaired) electrons. The minimum Gasteiger partial charge on any atom is -0.481 e. The molecular weight excluding hydrogens is 368 g/mol. The van der Waals surface area contributed by atoms with Gasteiger partial charge >= 0.3 is 12.0 Å². The number of fused-ring (bicyclic) bond motifs is 1. The Kier molecular flexibility index (Phi) is 6.04. The molecule has 3 aliphatic rings. The number of aromatic nitrogens is 1. The molecule has 7 nitrogen and oxygen atoms in total. The van der Waals surface area contributed by atoms with Crippen molar-refractivity contribution in [2.24, 2.45) is 5.92 Å². The smallest absolute Gasteiger partial charge is 0.326 e. The second-order valence-electron chi connectivity index (χ2n) is 8.81. The topological polar surface area (TPSA) is 77.0 Å². The van der Waals surface area contributed by atoms with Crippen LogP contribution in [0.2, 0.25) is 0 Å². The summed E-state index contributed by atoms with van der Waals surface area (Å²) in [6.07, 6.45) is 6.97. The number of rotatable bonds is 5. The van der Waals surface area contributed by atoms with Gasteiger partial charge in [0.2, 0.25) is 0 Å². The van der Waals surface area contributed by atoms with E-state index in [2.05, 4.69) is 18.0 Å². The molecule has 1 aromatic rings. The number of urea groups is 1. The fourth-order valence-electron chi connectivity index (χ4n) is 5.01. The SMILES string of the molecule is CN1CCc2ccc(N3CCN(C4CCC(CCC(=O)O)CC4)C3=O)nc2CC1. The molecule has 0 atom stereocenters. The summed E-state index contributed by atoms with van der Waals surface area (Å²) in [4.78, 5) is 35.0. The number of carbonyl (C=O) groups is 2. The summed E-state index contributed by atoms with van der Waals surface area (Å²) in [6.45, 7) is 3.52. The highest BCUT2D eigenvalue weighted by molar-refractivity contribution is 5.93. The van der Waals surface area contributed by atoms with Crippen LogP contribution in [0.1, 0.15) is 49.8 Å². The molecule has 0 aromatic carbocycles. The summed E-state index contributed by atoms with van der Waals surface area (Å²) in [5.74, 6) is 0.564. The molecule has 2 amide bonds. The van der Waals surface area contributed by atoms with Crippen molar-refractivity contribution in [2.75, 3.05) is 38.1 Å². The molecule has 3 heterocycles. The van der Waals surface area contributed by atoms with Crippen LogP contribution >= 0.6 is 0 Å². The van der Waals surface area contributed by atoms with Crippen LogP contribution in [0.4, 0.5) is 10.6 Å². The number of likely N-dealkylation sites (N-methyl/N-ethyl adjacent to an activating group) is 1. The van der Waals surface area contributed by atoms with Crippen molar-refractivity contribution in [1.29, 1.82) is 0 Å². The maximum atomic E-state index is 13.1. The highest BCUT2D eigenvalue weighted by Crippen LogP contribution is 2.33. The van der Waals surface area contributed by atoms with Gasteiger partial charge < -0.3 is 14.9 Å². The molecule has 0 spiro atoms. The van der Waals surface area contributed by atoms with Crippen molar-refractivity contribution < 1.29 is 14.7 Å². The minimum atomic E-state index is -0.711. The Morgan fingerprint density at radius 3 is 2.62 bits per heavy atom. The Labute approximate surface area is 172 Å². The van der Waals surface area contributed by atoms with Gasteiger partial charge in [0.1, 0.15) is 5.82 Å². The van der Waals surface area contributed by atoms with Gasteiger partial charge in [0, 0.05) is 50.8 Å². The van der Waals surface area contributed by atoms with Crippen LogP contribution in [0.15, 0.2) is 12.1 Å². The number of nitrogens with zero attached hydrogens (tertiary/aromatic N) is 4. The summed E-state index contributed by atoms with van der Waals surface area (Å²) in [5.41, 5.74) is 2.44. The summed E-state index contributed by atoms with van der Waals surface area (Å²) in [6, 6.07) is 4.52. The maximum Gasteiger partial charge on any atom is 0.326 e. The number of carboxylic acids is 1. The van der Waals surface area contributed by atoms with E-state index >= 15 is 0 Å². The molecular formula is C22H32N4O3. The number of carboxylic acid groups (broad SMARTS) is 1. The highest BCUT2D eigenvalue weighted by atomic mass is 16.4. The van der Waals surface area contributed by atoms with E-state index in [1.54, 1.807) is 0 Å². The summed E-state index contributed by atoms with van der Waals surface area (Å²) < 4.78 is 0. The molecule has 2 aliphatic heterocycles. The van der Waals surface area contributed by atoms with Gasteiger partial charge in [-0.05, 0) is 63.1 Å². The quantitative estimate of drug-likeness (QED) is 0.822. The predicted octanol–water partition coefficient (Wildman–Crippen LogP) is 2.78. The molecule has 7 heteroatoms. The zero-order valence-electron chi connectivity index (χ0n) is 17.3. The first kappa shape index (κ1) is 20.1. The van der Waals surface area contributed by atoms with Gasteiger partial charge in [-0.15, -0.1) is 0 Å². The zero-order chi connectivity index (χ0) is 20.4. The average Bonchev–Trinajstić information content (AvgIpc) is 3.00. The van der Waals surface area contributed by atoms with Crippen LogP contribution in [-0.2, 0) is 17.6 Å². The minimum absolute atomic E-state index is 0.0807. The van der Waals surface area contributed by atoms with E-state index in [1.165, 1.54) is 5.56 Å². The number of aliphatic carboxylic acids is 1. The molecule has 158 valence electrons. The molecule has 1 N–H and O–H groups in total. The van der Waals surface area contributed by atoms with Crippen LogP contribution in [0, 0.1) is 5.92 Å². The molecule has 1 aromatic heterocycles. The first-order valence-electron chi connectivity index (χ1n) is 11.0. The standard InChI is InChI=1S/C22H32N4O3/c1-24-12-10-17-5-8-20(23-19(17)11-13-24)26-15-14-25(22(26)29)18-6-2-16(3-7-18)4-9-21(27)28/h5,8,16,18H,2-4,6-7,9-15H2,1H3,(H,27,28).